The van der Waals surface area contributed by atoms with Crippen LogP contribution in [-0.2, 0) is 11.2 Å². The second-order valence-electron chi connectivity index (χ2n) is 5.87. The summed E-state index contributed by atoms with van der Waals surface area (Å²) in [6, 6.07) is 7.84. The molecule has 0 fully saturated rings. The molecule has 0 unspecified atom stereocenters. The first-order chi connectivity index (χ1) is 10.9. The summed E-state index contributed by atoms with van der Waals surface area (Å²) < 4.78 is 1.92. The lowest BCUT2D eigenvalue weighted by Gasteiger charge is -2.11. The molecule has 0 bridgehead atoms. The lowest BCUT2D eigenvalue weighted by atomic mass is 10.1. The van der Waals surface area contributed by atoms with Gasteiger partial charge in [0.05, 0.1) is 22.8 Å². The van der Waals surface area contributed by atoms with Crippen LogP contribution in [0.2, 0.25) is 5.02 Å². The maximum absolute atomic E-state index is 12.3. The van der Waals surface area contributed by atoms with E-state index in [9.17, 15) is 4.79 Å². The molecule has 0 atom stereocenters. The van der Waals surface area contributed by atoms with Crippen LogP contribution in [-0.4, -0.2) is 15.3 Å². The Morgan fingerprint density at radius 2 is 2.00 bits per heavy atom. The highest BCUT2D eigenvalue weighted by Gasteiger charge is 2.12. The number of aromatic nitrogens is 2. The van der Waals surface area contributed by atoms with Crippen molar-refractivity contribution in [2.24, 2.45) is 0 Å². The van der Waals surface area contributed by atoms with Gasteiger partial charge in [-0.05, 0) is 55.7 Å². The van der Waals surface area contributed by atoms with Crippen LogP contribution in [0.15, 0.2) is 36.7 Å². The molecule has 0 saturated carbocycles. The zero-order valence-corrected chi connectivity index (χ0v) is 14.1. The van der Waals surface area contributed by atoms with Gasteiger partial charge in [0, 0.05) is 12.4 Å². The first-order valence-electron chi connectivity index (χ1n) is 7.43. The van der Waals surface area contributed by atoms with Gasteiger partial charge in [-0.3, -0.25) is 4.79 Å². The van der Waals surface area contributed by atoms with Crippen molar-refractivity contribution in [2.75, 3.05) is 5.32 Å². The topological polar surface area (TPSA) is 46.4 Å². The standard InChI is InChI=1S/C18H18ClN3O/c1-11-4-5-22-10-14(20-16(22)8-11)9-17(23)21-18-13(3)6-12(2)7-15(18)19/h4-8,10H,9H2,1-3H3,(H,21,23). The number of imidazole rings is 1. The number of nitrogens with one attached hydrogen (secondary N) is 1. The lowest BCUT2D eigenvalue weighted by Crippen LogP contribution is -2.15. The first-order valence-corrected chi connectivity index (χ1v) is 7.81. The van der Waals surface area contributed by atoms with Crippen LogP contribution >= 0.6 is 11.6 Å². The van der Waals surface area contributed by atoms with Crippen molar-refractivity contribution in [3.63, 3.8) is 0 Å². The fraction of sp³-hybridized carbons (Fsp3) is 0.222. The van der Waals surface area contributed by atoms with E-state index in [-0.39, 0.29) is 12.3 Å². The molecule has 1 amide bonds. The Balaban J connectivity index is 1.78. The van der Waals surface area contributed by atoms with E-state index in [2.05, 4.69) is 10.3 Å². The number of rotatable bonds is 3. The van der Waals surface area contributed by atoms with Crippen molar-refractivity contribution in [3.8, 4) is 0 Å². The molecule has 2 heterocycles. The summed E-state index contributed by atoms with van der Waals surface area (Å²) in [5, 5.41) is 3.45. The molecule has 0 aliphatic carbocycles. The van der Waals surface area contributed by atoms with Crippen LogP contribution < -0.4 is 5.32 Å². The molecule has 3 rings (SSSR count). The third-order valence-electron chi connectivity index (χ3n) is 3.70. The van der Waals surface area contributed by atoms with Crippen LogP contribution in [0.3, 0.4) is 0 Å². The van der Waals surface area contributed by atoms with Crippen LogP contribution in [0, 0.1) is 20.8 Å². The van der Waals surface area contributed by atoms with Gasteiger partial charge in [0.2, 0.25) is 5.91 Å². The van der Waals surface area contributed by atoms with Crippen molar-refractivity contribution >= 4 is 28.8 Å². The molecular formula is C18H18ClN3O. The molecule has 2 aromatic heterocycles. The van der Waals surface area contributed by atoms with E-state index in [4.69, 9.17) is 11.6 Å². The number of aryl methyl sites for hydroxylation is 3. The predicted octanol–water partition coefficient (Wildman–Crippen LogP) is 4.09. The largest absolute Gasteiger partial charge is 0.324 e. The van der Waals surface area contributed by atoms with Crippen molar-refractivity contribution in [1.29, 1.82) is 0 Å². The van der Waals surface area contributed by atoms with Crippen molar-refractivity contribution in [1.82, 2.24) is 9.38 Å². The van der Waals surface area contributed by atoms with E-state index in [0.29, 0.717) is 10.7 Å². The van der Waals surface area contributed by atoms with Crippen LogP contribution in [0.25, 0.3) is 5.65 Å². The molecule has 1 N–H and O–H groups in total. The maximum Gasteiger partial charge on any atom is 0.230 e. The number of hydrogen-bond acceptors (Lipinski definition) is 2. The molecule has 0 spiro atoms. The maximum atomic E-state index is 12.3. The van der Waals surface area contributed by atoms with Gasteiger partial charge in [-0.25, -0.2) is 4.98 Å². The normalized spacial score (nSPS) is 11.0. The number of anilines is 1. The molecule has 5 heteroatoms. The highest BCUT2D eigenvalue weighted by atomic mass is 35.5. The molecule has 0 radical (unpaired) electrons. The Morgan fingerprint density at radius 1 is 1.22 bits per heavy atom. The minimum Gasteiger partial charge on any atom is -0.324 e. The number of halogens is 1. The number of benzene rings is 1. The lowest BCUT2D eigenvalue weighted by molar-refractivity contribution is -0.115. The molecule has 0 aliphatic rings. The SMILES string of the molecule is Cc1cc(C)c(NC(=O)Cc2cn3ccc(C)cc3n2)c(Cl)c1. The second kappa shape index (κ2) is 6.05. The van der Waals surface area contributed by atoms with E-state index >= 15 is 0 Å². The quantitative estimate of drug-likeness (QED) is 0.787. The highest BCUT2D eigenvalue weighted by molar-refractivity contribution is 6.34. The summed E-state index contributed by atoms with van der Waals surface area (Å²) in [5.74, 6) is -0.126. The molecule has 3 aromatic rings. The molecule has 0 saturated heterocycles. The number of nitrogens with zero attached hydrogens (tertiary/aromatic N) is 2. The second-order valence-corrected chi connectivity index (χ2v) is 6.27. The molecular weight excluding hydrogens is 310 g/mol. The summed E-state index contributed by atoms with van der Waals surface area (Å²) in [6.07, 6.45) is 4.03. The Morgan fingerprint density at radius 3 is 2.74 bits per heavy atom. The number of hydrogen-bond donors (Lipinski definition) is 1. The molecule has 0 aliphatic heterocycles. The fourth-order valence-corrected chi connectivity index (χ4v) is 3.01. The van der Waals surface area contributed by atoms with E-state index in [1.54, 1.807) is 0 Å². The van der Waals surface area contributed by atoms with Gasteiger partial charge in [-0.2, -0.15) is 0 Å². The van der Waals surface area contributed by atoms with E-state index in [0.717, 1.165) is 28.0 Å². The summed E-state index contributed by atoms with van der Waals surface area (Å²) in [7, 11) is 0. The molecule has 4 nitrogen and oxygen atoms in total. The number of pyridine rings is 1. The monoisotopic (exact) mass is 327 g/mol. The fourth-order valence-electron chi connectivity index (χ4n) is 2.64. The van der Waals surface area contributed by atoms with Crippen LogP contribution in [0.5, 0.6) is 0 Å². The third kappa shape index (κ3) is 3.37. The van der Waals surface area contributed by atoms with Gasteiger partial charge >= 0.3 is 0 Å². The Bertz CT molecular complexity index is 875. The first kappa shape index (κ1) is 15.6. The average molecular weight is 328 g/mol. The van der Waals surface area contributed by atoms with Crippen molar-refractivity contribution in [2.45, 2.75) is 27.2 Å². The molecule has 118 valence electrons. The summed E-state index contributed by atoms with van der Waals surface area (Å²) in [4.78, 5) is 16.8. The summed E-state index contributed by atoms with van der Waals surface area (Å²) in [6.45, 7) is 5.93. The number of carbonyl (C=O) groups excluding carboxylic acids is 1. The minimum atomic E-state index is -0.126. The van der Waals surface area contributed by atoms with Gasteiger partial charge in [0.1, 0.15) is 5.65 Å². The van der Waals surface area contributed by atoms with E-state index in [1.165, 1.54) is 0 Å². The van der Waals surface area contributed by atoms with Crippen molar-refractivity contribution < 1.29 is 4.79 Å². The van der Waals surface area contributed by atoms with Crippen molar-refractivity contribution in [3.05, 3.63) is 64.1 Å². The minimum absolute atomic E-state index is 0.126. The summed E-state index contributed by atoms with van der Waals surface area (Å²) >= 11 is 6.23. The smallest absolute Gasteiger partial charge is 0.230 e. The Hall–Kier alpha value is -2.33. The zero-order chi connectivity index (χ0) is 16.6. The van der Waals surface area contributed by atoms with Gasteiger partial charge < -0.3 is 9.72 Å². The van der Waals surface area contributed by atoms with Gasteiger partial charge in [0.25, 0.3) is 0 Å². The van der Waals surface area contributed by atoms with E-state index in [1.807, 2.05) is 61.8 Å². The Labute approximate surface area is 140 Å². The van der Waals surface area contributed by atoms with Gasteiger partial charge in [-0.15, -0.1) is 0 Å². The number of carbonyl (C=O) groups is 1. The Kier molecular flexibility index (Phi) is 4.09. The number of amides is 1. The molecule has 1 aromatic carbocycles. The third-order valence-corrected chi connectivity index (χ3v) is 4.00. The number of fused-ring (bicyclic) bond motifs is 1. The highest BCUT2D eigenvalue weighted by Crippen LogP contribution is 2.27. The molecule has 23 heavy (non-hydrogen) atoms. The average Bonchev–Trinajstić information content (AvgIpc) is 2.84. The van der Waals surface area contributed by atoms with Crippen LogP contribution in [0.4, 0.5) is 5.69 Å². The van der Waals surface area contributed by atoms with E-state index < -0.39 is 0 Å². The summed E-state index contributed by atoms with van der Waals surface area (Å²) in [5.41, 5.74) is 5.41. The van der Waals surface area contributed by atoms with Gasteiger partial charge in [-0.1, -0.05) is 17.7 Å². The van der Waals surface area contributed by atoms with Crippen LogP contribution in [0.1, 0.15) is 22.4 Å². The van der Waals surface area contributed by atoms with Gasteiger partial charge in [0.15, 0.2) is 0 Å². The zero-order valence-electron chi connectivity index (χ0n) is 13.4. The predicted molar refractivity (Wildman–Crippen MR) is 93.2 cm³/mol.